The SMILES string of the molecule is Cl.NC(=O)C1CCCN1c1ccccc1. The lowest BCUT2D eigenvalue weighted by Gasteiger charge is -2.24. The van der Waals surface area contributed by atoms with Crippen molar-refractivity contribution < 1.29 is 4.79 Å². The van der Waals surface area contributed by atoms with Crippen molar-refractivity contribution >= 4 is 24.0 Å². The Morgan fingerprint density at radius 1 is 1.33 bits per heavy atom. The second kappa shape index (κ2) is 5.03. The minimum atomic E-state index is -0.216. The van der Waals surface area contributed by atoms with Crippen LogP contribution in [0.15, 0.2) is 30.3 Å². The lowest BCUT2D eigenvalue weighted by molar-refractivity contribution is -0.119. The molecule has 4 heteroatoms. The molecule has 1 atom stereocenters. The van der Waals surface area contributed by atoms with Gasteiger partial charge in [-0.3, -0.25) is 4.79 Å². The van der Waals surface area contributed by atoms with E-state index in [4.69, 9.17) is 5.73 Å². The van der Waals surface area contributed by atoms with Crippen molar-refractivity contribution in [3.8, 4) is 0 Å². The van der Waals surface area contributed by atoms with Crippen LogP contribution in [-0.4, -0.2) is 18.5 Å². The number of anilines is 1. The molecule has 15 heavy (non-hydrogen) atoms. The predicted octanol–water partition coefficient (Wildman–Crippen LogP) is 1.56. The molecule has 1 aromatic carbocycles. The van der Waals surface area contributed by atoms with Crippen molar-refractivity contribution in [1.29, 1.82) is 0 Å². The summed E-state index contributed by atoms with van der Waals surface area (Å²) in [5, 5.41) is 0. The summed E-state index contributed by atoms with van der Waals surface area (Å²) in [7, 11) is 0. The van der Waals surface area contributed by atoms with Crippen molar-refractivity contribution in [2.24, 2.45) is 5.73 Å². The Bertz CT molecular complexity index is 329. The summed E-state index contributed by atoms with van der Waals surface area (Å²) >= 11 is 0. The molecule has 2 rings (SSSR count). The molecule has 2 N–H and O–H groups in total. The number of primary amides is 1. The Morgan fingerprint density at radius 3 is 2.60 bits per heavy atom. The third-order valence-corrected chi connectivity index (χ3v) is 2.67. The second-order valence-electron chi connectivity index (χ2n) is 3.59. The number of halogens is 1. The second-order valence-corrected chi connectivity index (χ2v) is 3.59. The number of nitrogens with two attached hydrogens (primary N) is 1. The van der Waals surface area contributed by atoms with Crippen molar-refractivity contribution in [3.05, 3.63) is 30.3 Å². The zero-order valence-corrected chi connectivity index (χ0v) is 9.24. The monoisotopic (exact) mass is 226 g/mol. The molecule has 3 nitrogen and oxygen atoms in total. The average Bonchev–Trinajstić information content (AvgIpc) is 2.67. The van der Waals surface area contributed by atoms with Gasteiger partial charge in [0, 0.05) is 12.2 Å². The van der Waals surface area contributed by atoms with E-state index in [1.54, 1.807) is 0 Å². The van der Waals surface area contributed by atoms with Gasteiger partial charge < -0.3 is 10.6 Å². The summed E-state index contributed by atoms with van der Waals surface area (Å²) in [5.41, 5.74) is 6.44. The fourth-order valence-corrected chi connectivity index (χ4v) is 1.99. The molecule has 0 radical (unpaired) electrons. The van der Waals surface area contributed by atoms with Crippen molar-refractivity contribution in [1.82, 2.24) is 0 Å². The number of carbonyl (C=O) groups excluding carboxylic acids is 1. The van der Waals surface area contributed by atoms with Crippen LogP contribution in [0.3, 0.4) is 0 Å². The molecule has 0 saturated carbocycles. The van der Waals surface area contributed by atoms with Gasteiger partial charge in [0.05, 0.1) is 0 Å². The van der Waals surface area contributed by atoms with E-state index in [1.807, 2.05) is 30.3 Å². The molecule has 0 spiro atoms. The molecule has 0 aromatic heterocycles. The summed E-state index contributed by atoms with van der Waals surface area (Å²) in [4.78, 5) is 13.3. The standard InChI is InChI=1S/C11H14N2O.ClH/c12-11(14)10-7-4-8-13(10)9-5-2-1-3-6-9;/h1-3,5-6,10H,4,7-8H2,(H2,12,14);1H. The molecule has 1 aliphatic rings. The quantitative estimate of drug-likeness (QED) is 0.832. The van der Waals surface area contributed by atoms with Crippen LogP contribution < -0.4 is 10.6 Å². The number of para-hydroxylation sites is 1. The van der Waals surface area contributed by atoms with Gasteiger partial charge in [0.25, 0.3) is 0 Å². The Hall–Kier alpha value is -1.22. The van der Waals surface area contributed by atoms with Gasteiger partial charge >= 0.3 is 0 Å². The van der Waals surface area contributed by atoms with E-state index in [0.29, 0.717) is 0 Å². The number of hydrogen-bond acceptors (Lipinski definition) is 2. The number of hydrogen-bond donors (Lipinski definition) is 1. The Labute approximate surface area is 95.7 Å². The summed E-state index contributed by atoms with van der Waals surface area (Å²) in [5.74, 6) is -0.216. The summed E-state index contributed by atoms with van der Waals surface area (Å²) in [6.45, 7) is 0.928. The first kappa shape index (κ1) is 11.9. The van der Waals surface area contributed by atoms with Gasteiger partial charge in [-0.05, 0) is 25.0 Å². The molecule has 1 unspecified atom stereocenters. The van der Waals surface area contributed by atoms with Gasteiger partial charge in [0.15, 0.2) is 0 Å². The molecule has 1 saturated heterocycles. The lowest BCUT2D eigenvalue weighted by Crippen LogP contribution is -2.40. The first-order valence-corrected chi connectivity index (χ1v) is 4.90. The molecule has 1 aliphatic heterocycles. The van der Waals surface area contributed by atoms with Crippen molar-refractivity contribution in [2.75, 3.05) is 11.4 Å². The van der Waals surface area contributed by atoms with Crippen molar-refractivity contribution in [3.63, 3.8) is 0 Å². The van der Waals surface area contributed by atoms with Crippen LogP contribution in [0.2, 0.25) is 0 Å². The van der Waals surface area contributed by atoms with Crippen molar-refractivity contribution in [2.45, 2.75) is 18.9 Å². The highest BCUT2D eigenvalue weighted by Gasteiger charge is 2.28. The molecule has 1 aromatic rings. The van der Waals surface area contributed by atoms with E-state index < -0.39 is 0 Å². The maximum atomic E-state index is 11.2. The van der Waals surface area contributed by atoms with Crippen LogP contribution in [-0.2, 0) is 4.79 Å². The number of rotatable bonds is 2. The van der Waals surface area contributed by atoms with E-state index in [0.717, 1.165) is 25.1 Å². The Balaban J connectivity index is 0.00000112. The molecular formula is C11H15ClN2O. The van der Waals surface area contributed by atoms with Crippen LogP contribution in [0.1, 0.15) is 12.8 Å². The lowest BCUT2D eigenvalue weighted by atomic mass is 10.2. The van der Waals surface area contributed by atoms with Gasteiger partial charge in [0.1, 0.15) is 6.04 Å². The van der Waals surface area contributed by atoms with Crippen LogP contribution in [0.4, 0.5) is 5.69 Å². The average molecular weight is 227 g/mol. The fraction of sp³-hybridized carbons (Fsp3) is 0.364. The van der Waals surface area contributed by atoms with Crippen LogP contribution in [0.25, 0.3) is 0 Å². The molecule has 1 amide bonds. The van der Waals surface area contributed by atoms with Crippen LogP contribution in [0.5, 0.6) is 0 Å². The highest BCUT2D eigenvalue weighted by molar-refractivity contribution is 5.85. The molecule has 1 heterocycles. The maximum Gasteiger partial charge on any atom is 0.240 e. The van der Waals surface area contributed by atoms with Gasteiger partial charge in [-0.25, -0.2) is 0 Å². The molecule has 1 fully saturated rings. The van der Waals surface area contributed by atoms with E-state index in [1.165, 1.54) is 0 Å². The fourth-order valence-electron chi connectivity index (χ4n) is 1.99. The van der Waals surface area contributed by atoms with E-state index in [2.05, 4.69) is 4.90 Å². The number of carbonyl (C=O) groups is 1. The van der Waals surface area contributed by atoms with Crippen LogP contribution >= 0.6 is 12.4 Å². The van der Waals surface area contributed by atoms with Gasteiger partial charge in [-0.15, -0.1) is 12.4 Å². The summed E-state index contributed by atoms with van der Waals surface area (Å²) < 4.78 is 0. The normalized spacial score (nSPS) is 19.7. The third kappa shape index (κ3) is 2.42. The smallest absolute Gasteiger partial charge is 0.240 e. The zero-order valence-electron chi connectivity index (χ0n) is 8.43. The summed E-state index contributed by atoms with van der Waals surface area (Å²) in [6, 6.07) is 9.84. The summed E-state index contributed by atoms with van der Waals surface area (Å²) in [6.07, 6.45) is 1.92. The zero-order chi connectivity index (χ0) is 9.97. The highest BCUT2D eigenvalue weighted by atomic mass is 35.5. The number of nitrogens with zero attached hydrogens (tertiary/aromatic N) is 1. The molecule has 82 valence electrons. The van der Waals surface area contributed by atoms with E-state index in [9.17, 15) is 4.79 Å². The highest BCUT2D eigenvalue weighted by Crippen LogP contribution is 2.24. The Morgan fingerprint density at radius 2 is 2.00 bits per heavy atom. The van der Waals surface area contributed by atoms with Gasteiger partial charge in [-0.1, -0.05) is 18.2 Å². The topological polar surface area (TPSA) is 46.3 Å². The predicted molar refractivity (Wildman–Crippen MR) is 63.3 cm³/mol. The first-order valence-electron chi connectivity index (χ1n) is 4.90. The third-order valence-electron chi connectivity index (χ3n) is 2.67. The maximum absolute atomic E-state index is 11.2. The van der Waals surface area contributed by atoms with Gasteiger partial charge in [0.2, 0.25) is 5.91 Å². The van der Waals surface area contributed by atoms with Crippen LogP contribution in [0, 0.1) is 0 Å². The van der Waals surface area contributed by atoms with E-state index >= 15 is 0 Å². The molecular weight excluding hydrogens is 212 g/mol. The van der Waals surface area contributed by atoms with Gasteiger partial charge in [-0.2, -0.15) is 0 Å². The minimum absolute atomic E-state index is 0. The largest absolute Gasteiger partial charge is 0.368 e. The molecule has 0 aliphatic carbocycles. The first-order chi connectivity index (χ1) is 6.79. The number of benzene rings is 1. The van der Waals surface area contributed by atoms with E-state index in [-0.39, 0.29) is 24.4 Å². The Kier molecular flexibility index (Phi) is 3.97. The number of amides is 1. The minimum Gasteiger partial charge on any atom is -0.368 e. The molecule has 0 bridgehead atoms.